The average Bonchev–Trinajstić information content (AvgIpc) is 3.53. The van der Waals surface area contributed by atoms with Crippen molar-refractivity contribution in [3.05, 3.63) is 69.6 Å². The number of halogens is 1. The van der Waals surface area contributed by atoms with Gasteiger partial charge in [0.15, 0.2) is 0 Å². The molecular weight excluding hydrogens is 456 g/mol. The van der Waals surface area contributed by atoms with Gasteiger partial charge in [-0.25, -0.2) is 13.2 Å². The van der Waals surface area contributed by atoms with Crippen LogP contribution in [0.5, 0.6) is 0 Å². The Morgan fingerprint density at radius 1 is 1.19 bits per heavy atom. The van der Waals surface area contributed by atoms with E-state index in [0.29, 0.717) is 21.0 Å². The molecule has 0 saturated heterocycles. The van der Waals surface area contributed by atoms with Gasteiger partial charge >= 0.3 is 5.97 Å². The lowest BCUT2D eigenvalue weighted by Crippen LogP contribution is -2.17. The Labute approximate surface area is 189 Å². The van der Waals surface area contributed by atoms with E-state index in [0.717, 1.165) is 17.7 Å². The zero-order valence-corrected chi connectivity index (χ0v) is 18.8. The molecule has 1 aromatic heterocycles. The lowest BCUT2D eigenvalue weighted by atomic mass is 10.1. The first kappa shape index (κ1) is 21.4. The lowest BCUT2D eigenvalue weighted by Gasteiger charge is -2.15. The van der Waals surface area contributed by atoms with Crippen LogP contribution in [0.3, 0.4) is 0 Å². The largest absolute Gasteiger partial charge is 0.465 e. The Morgan fingerprint density at radius 2 is 1.97 bits per heavy atom. The lowest BCUT2D eigenvalue weighted by molar-refractivity contribution is 0.0600. The molecule has 0 radical (unpaired) electrons. The number of ether oxygens (including phenoxy) is 1. The molecule has 0 spiro atoms. The van der Waals surface area contributed by atoms with Gasteiger partial charge in [0.1, 0.15) is 0 Å². The normalized spacial score (nSPS) is 13.5. The maximum atomic E-state index is 13.4. The number of rotatable bonds is 6. The van der Waals surface area contributed by atoms with Crippen molar-refractivity contribution >= 4 is 44.6 Å². The van der Waals surface area contributed by atoms with Gasteiger partial charge < -0.3 is 4.74 Å². The first-order valence-corrected chi connectivity index (χ1v) is 12.0. The van der Waals surface area contributed by atoms with Gasteiger partial charge in [-0.2, -0.15) is 5.26 Å². The highest BCUT2D eigenvalue weighted by Crippen LogP contribution is 2.44. The number of nitriles is 1. The van der Waals surface area contributed by atoms with Crippen molar-refractivity contribution < 1.29 is 17.9 Å². The summed E-state index contributed by atoms with van der Waals surface area (Å²) < 4.78 is 34.8. The summed E-state index contributed by atoms with van der Waals surface area (Å²) in [7, 11) is -2.81. The summed E-state index contributed by atoms with van der Waals surface area (Å²) in [5.74, 6) is -0.474. The van der Waals surface area contributed by atoms with Crippen LogP contribution in [0.1, 0.15) is 40.2 Å². The Morgan fingerprint density at radius 3 is 2.58 bits per heavy atom. The molecule has 6 nitrogen and oxygen atoms in total. The number of methoxy groups -OCH3 is 1. The molecule has 1 saturated carbocycles. The van der Waals surface area contributed by atoms with E-state index in [1.165, 1.54) is 30.6 Å². The maximum Gasteiger partial charge on any atom is 0.337 e. The standard InChI is InChI=1S/C22H17ClN2O4S2/c1-29-22(26)15-5-7-16(14-3-4-14)20(11-15)31(27,28)25-18-10-13(12-24)2-6-17(18)19-8-9-21(23)30-19/h2,5-11,14,25H,3-4H2,1H3. The molecule has 3 aromatic rings. The second kappa shape index (κ2) is 8.35. The summed E-state index contributed by atoms with van der Waals surface area (Å²) in [5, 5.41) is 9.30. The number of nitrogens with one attached hydrogen (secondary N) is 1. The zero-order chi connectivity index (χ0) is 22.2. The van der Waals surface area contributed by atoms with Crippen LogP contribution in [0, 0.1) is 11.3 Å². The van der Waals surface area contributed by atoms with Gasteiger partial charge in [-0.15, -0.1) is 11.3 Å². The van der Waals surface area contributed by atoms with E-state index in [9.17, 15) is 18.5 Å². The second-order valence-corrected chi connectivity index (χ2v) is 10.5. The van der Waals surface area contributed by atoms with Crippen LogP contribution in [0.15, 0.2) is 53.4 Å². The Bertz CT molecular complexity index is 1320. The molecule has 158 valence electrons. The van der Waals surface area contributed by atoms with Crippen molar-refractivity contribution in [1.29, 1.82) is 5.26 Å². The van der Waals surface area contributed by atoms with Gasteiger partial charge in [0.05, 0.1) is 39.2 Å². The van der Waals surface area contributed by atoms with Gasteiger partial charge in [-0.3, -0.25) is 4.72 Å². The molecule has 2 aromatic carbocycles. The fraction of sp³-hybridized carbons (Fsp3) is 0.182. The SMILES string of the molecule is COC(=O)c1ccc(C2CC2)c(S(=O)(=O)Nc2cc(C#N)ccc2-c2ccc(Cl)s2)c1. The van der Waals surface area contributed by atoms with Crippen LogP contribution in [0.4, 0.5) is 5.69 Å². The molecule has 0 atom stereocenters. The predicted molar refractivity (Wildman–Crippen MR) is 120 cm³/mol. The smallest absolute Gasteiger partial charge is 0.337 e. The van der Waals surface area contributed by atoms with E-state index < -0.39 is 16.0 Å². The number of esters is 1. The predicted octanol–water partition coefficient (Wildman–Crippen LogP) is 5.40. The highest BCUT2D eigenvalue weighted by Gasteiger charge is 2.31. The summed E-state index contributed by atoms with van der Waals surface area (Å²) in [5.41, 5.74) is 2.01. The van der Waals surface area contributed by atoms with Crippen LogP contribution >= 0.6 is 22.9 Å². The average molecular weight is 473 g/mol. The van der Waals surface area contributed by atoms with E-state index in [2.05, 4.69) is 4.72 Å². The third kappa shape index (κ3) is 4.44. The number of hydrogen-bond acceptors (Lipinski definition) is 6. The van der Waals surface area contributed by atoms with E-state index in [1.54, 1.807) is 36.4 Å². The molecule has 0 unspecified atom stereocenters. The highest BCUT2D eigenvalue weighted by molar-refractivity contribution is 7.92. The molecule has 0 amide bonds. The Kier molecular flexibility index (Phi) is 5.75. The van der Waals surface area contributed by atoms with E-state index >= 15 is 0 Å². The number of sulfonamides is 1. The van der Waals surface area contributed by atoms with Crippen LogP contribution in [0.25, 0.3) is 10.4 Å². The minimum Gasteiger partial charge on any atom is -0.465 e. The molecule has 9 heteroatoms. The third-order valence-corrected chi connectivity index (χ3v) is 7.66. The van der Waals surface area contributed by atoms with Crippen molar-refractivity contribution in [1.82, 2.24) is 0 Å². The molecular formula is C22H17ClN2O4S2. The summed E-state index contributed by atoms with van der Waals surface area (Å²) >= 11 is 7.36. The fourth-order valence-electron chi connectivity index (χ4n) is 3.32. The van der Waals surface area contributed by atoms with Crippen molar-refractivity contribution in [2.75, 3.05) is 11.8 Å². The molecule has 0 aliphatic heterocycles. The molecule has 1 aliphatic rings. The topological polar surface area (TPSA) is 96.3 Å². The van der Waals surface area contributed by atoms with E-state index in [1.807, 2.05) is 6.07 Å². The van der Waals surface area contributed by atoms with Crippen LogP contribution in [-0.4, -0.2) is 21.5 Å². The number of thiophene rings is 1. The molecule has 1 N–H and O–H groups in total. The van der Waals surface area contributed by atoms with Gasteiger partial charge in [0.25, 0.3) is 10.0 Å². The second-order valence-electron chi connectivity index (χ2n) is 7.10. The van der Waals surface area contributed by atoms with E-state index in [-0.39, 0.29) is 22.1 Å². The van der Waals surface area contributed by atoms with Gasteiger partial charge in [0, 0.05) is 10.4 Å². The molecule has 4 rings (SSSR count). The van der Waals surface area contributed by atoms with Crippen molar-refractivity contribution in [3.8, 4) is 16.5 Å². The van der Waals surface area contributed by atoms with Crippen molar-refractivity contribution in [3.63, 3.8) is 0 Å². The number of anilines is 1. The minimum absolute atomic E-state index is 0.0374. The highest BCUT2D eigenvalue weighted by atomic mass is 35.5. The monoisotopic (exact) mass is 472 g/mol. The maximum absolute atomic E-state index is 13.4. The molecule has 31 heavy (non-hydrogen) atoms. The summed E-state index contributed by atoms with van der Waals surface area (Å²) in [6.07, 6.45) is 1.78. The summed E-state index contributed by atoms with van der Waals surface area (Å²) in [4.78, 5) is 12.8. The van der Waals surface area contributed by atoms with Crippen LogP contribution < -0.4 is 4.72 Å². The molecule has 1 heterocycles. The fourth-order valence-corrected chi connectivity index (χ4v) is 5.79. The number of hydrogen-bond donors (Lipinski definition) is 1. The van der Waals surface area contributed by atoms with Gasteiger partial charge in [-0.05, 0) is 60.7 Å². The van der Waals surface area contributed by atoms with Gasteiger partial charge in [-0.1, -0.05) is 23.7 Å². The molecule has 0 bridgehead atoms. The molecule has 1 aliphatic carbocycles. The van der Waals surface area contributed by atoms with Crippen LogP contribution in [-0.2, 0) is 14.8 Å². The number of carbonyl (C=O) groups excluding carboxylic acids is 1. The quantitative estimate of drug-likeness (QED) is 0.484. The minimum atomic E-state index is -4.06. The van der Waals surface area contributed by atoms with E-state index in [4.69, 9.17) is 16.3 Å². The summed E-state index contributed by atoms with van der Waals surface area (Å²) in [6.45, 7) is 0. The number of benzene rings is 2. The van der Waals surface area contributed by atoms with Gasteiger partial charge in [0.2, 0.25) is 0 Å². The first-order valence-electron chi connectivity index (χ1n) is 9.37. The van der Waals surface area contributed by atoms with Crippen LogP contribution in [0.2, 0.25) is 4.34 Å². The first-order chi connectivity index (χ1) is 14.8. The Balaban J connectivity index is 1.81. The number of nitrogens with zero attached hydrogens (tertiary/aromatic N) is 1. The summed E-state index contributed by atoms with van der Waals surface area (Å²) in [6, 6.07) is 14.9. The van der Waals surface area contributed by atoms with Crippen molar-refractivity contribution in [2.45, 2.75) is 23.7 Å². The van der Waals surface area contributed by atoms with Crippen molar-refractivity contribution in [2.24, 2.45) is 0 Å². The zero-order valence-electron chi connectivity index (χ0n) is 16.4. The third-order valence-electron chi connectivity index (χ3n) is 4.97. The Hall–Kier alpha value is -2.86. The number of carbonyl (C=O) groups is 1. The molecule has 1 fully saturated rings.